The van der Waals surface area contributed by atoms with Crippen LogP contribution in [-0.4, -0.2) is 28.3 Å². The number of nitrogens with zero attached hydrogens (tertiary/aromatic N) is 3. The summed E-state index contributed by atoms with van der Waals surface area (Å²) in [6.07, 6.45) is 0.725. The molecule has 2 rings (SSSR count). The lowest BCUT2D eigenvalue weighted by atomic mass is 10.3. The predicted octanol–water partition coefficient (Wildman–Crippen LogP) is -0.207. The van der Waals surface area contributed by atoms with E-state index < -0.39 is 0 Å². The normalized spacial score (nSPS) is 22.1. The van der Waals surface area contributed by atoms with Gasteiger partial charge in [0.1, 0.15) is 5.82 Å². The van der Waals surface area contributed by atoms with Gasteiger partial charge in [-0.15, -0.1) is 0 Å². The predicted molar refractivity (Wildman–Crippen MR) is 52.9 cm³/mol. The van der Waals surface area contributed by atoms with E-state index in [9.17, 15) is 4.79 Å². The maximum atomic E-state index is 11.6. The lowest BCUT2D eigenvalue weighted by molar-refractivity contribution is -0.118. The van der Waals surface area contributed by atoms with Crippen molar-refractivity contribution in [2.75, 3.05) is 11.4 Å². The number of hydrogen-bond donors (Lipinski definition) is 1. The van der Waals surface area contributed by atoms with Crippen LogP contribution in [0.4, 0.5) is 5.82 Å². The first-order chi connectivity index (χ1) is 6.59. The molecule has 5 nitrogen and oxygen atoms in total. The van der Waals surface area contributed by atoms with Crippen LogP contribution in [0, 0.1) is 6.92 Å². The van der Waals surface area contributed by atoms with Crippen LogP contribution in [-0.2, 0) is 11.8 Å². The molecule has 1 aromatic heterocycles. The highest BCUT2D eigenvalue weighted by Gasteiger charge is 2.31. The van der Waals surface area contributed by atoms with Gasteiger partial charge in [0.25, 0.3) is 0 Å². The molecule has 2 heterocycles. The number of aromatic nitrogens is 2. The molecule has 1 aromatic rings. The van der Waals surface area contributed by atoms with Crippen LogP contribution in [0.1, 0.15) is 12.1 Å². The third kappa shape index (κ3) is 1.29. The molecule has 0 saturated carbocycles. The molecule has 1 fully saturated rings. The van der Waals surface area contributed by atoms with Crippen LogP contribution in [0.5, 0.6) is 0 Å². The van der Waals surface area contributed by atoms with Gasteiger partial charge in [0.05, 0.1) is 11.7 Å². The van der Waals surface area contributed by atoms with E-state index in [4.69, 9.17) is 5.73 Å². The van der Waals surface area contributed by atoms with E-state index in [2.05, 4.69) is 5.10 Å². The van der Waals surface area contributed by atoms with Crippen molar-refractivity contribution >= 4 is 11.7 Å². The lowest BCUT2D eigenvalue weighted by Gasteiger charge is -2.15. The Morgan fingerprint density at radius 2 is 2.36 bits per heavy atom. The Hall–Kier alpha value is -1.36. The SMILES string of the molecule is Cc1cc(N2CC[C@H](N)C2=O)n(C)n1. The minimum atomic E-state index is -0.342. The number of rotatable bonds is 1. The van der Waals surface area contributed by atoms with Gasteiger partial charge in [-0.25, -0.2) is 0 Å². The second kappa shape index (κ2) is 3.09. The molecule has 5 heteroatoms. The Kier molecular flexibility index (Phi) is 2.03. The largest absolute Gasteiger partial charge is 0.320 e. The minimum Gasteiger partial charge on any atom is -0.320 e. The van der Waals surface area contributed by atoms with Gasteiger partial charge in [-0.2, -0.15) is 5.10 Å². The van der Waals surface area contributed by atoms with Crippen molar-refractivity contribution < 1.29 is 4.79 Å². The van der Waals surface area contributed by atoms with E-state index in [0.29, 0.717) is 6.54 Å². The first kappa shape index (κ1) is 9.21. The average molecular weight is 194 g/mol. The van der Waals surface area contributed by atoms with Gasteiger partial charge in [-0.3, -0.25) is 14.4 Å². The molecule has 1 atom stereocenters. The van der Waals surface area contributed by atoms with E-state index >= 15 is 0 Å². The summed E-state index contributed by atoms with van der Waals surface area (Å²) < 4.78 is 1.71. The number of nitrogens with two attached hydrogens (primary N) is 1. The zero-order chi connectivity index (χ0) is 10.3. The summed E-state index contributed by atoms with van der Waals surface area (Å²) in [6, 6.07) is 1.56. The van der Waals surface area contributed by atoms with Crippen molar-refractivity contribution in [2.45, 2.75) is 19.4 Å². The summed E-state index contributed by atoms with van der Waals surface area (Å²) in [5, 5.41) is 4.20. The maximum absolute atomic E-state index is 11.6. The fraction of sp³-hybridized carbons (Fsp3) is 0.556. The van der Waals surface area contributed by atoms with Crippen LogP contribution in [0.15, 0.2) is 6.07 Å². The molecule has 0 aliphatic carbocycles. The van der Waals surface area contributed by atoms with Crippen molar-refractivity contribution in [1.29, 1.82) is 0 Å². The van der Waals surface area contributed by atoms with Crippen molar-refractivity contribution in [3.8, 4) is 0 Å². The molecular formula is C9H14N4O. The smallest absolute Gasteiger partial charge is 0.245 e. The van der Waals surface area contributed by atoms with Crippen LogP contribution >= 0.6 is 0 Å². The maximum Gasteiger partial charge on any atom is 0.245 e. The Morgan fingerprint density at radius 3 is 2.79 bits per heavy atom. The zero-order valence-corrected chi connectivity index (χ0v) is 8.40. The molecule has 0 radical (unpaired) electrons. The van der Waals surface area contributed by atoms with E-state index in [-0.39, 0.29) is 11.9 Å². The molecular weight excluding hydrogens is 180 g/mol. The quantitative estimate of drug-likeness (QED) is 0.673. The highest BCUT2D eigenvalue weighted by molar-refractivity contribution is 5.98. The number of aryl methyl sites for hydroxylation is 2. The highest BCUT2D eigenvalue weighted by atomic mass is 16.2. The fourth-order valence-electron chi connectivity index (χ4n) is 1.78. The van der Waals surface area contributed by atoms with Crippen LogP contribution in [0.25, 0.3) is 0 Å². The minimum absolute atomic E-state index is 0.00648. The number of anilines is 1. The van der Waals surface area contributed by atoms with Gasteiger partial charge in [-0.05, 0) is 13.3 Å². The molecule has 76 valence electrons. The van der Waals surface area contributed by atoms with Crippen molar-refractivity contribution in [2.24, 2.45) is 12.8 Å². The molecule has 14 heavy (non-hydrogen) atoms. The summed E-state index contributed by atoms with van der Waals surface area (Å²) in [7, 11) is 1.83. The van der Waals surface area contributed by atoms with E-state index in [0.717, 1.165) is 17.9 Å². The summed E-state index contributed by atoms with van der Waals surface area (Å²) in [4.78, 5) is 13.3. The molecule has 1 amide bonds. The summed E-state index contributed by atoms with van der Waals surface area (Å²) >= 11 is 0. The zero-order valence-electron chi connectivity index (χ0n) is 8.40. The van der Waals surface area contributed by atoms with Crippen LogP contribution in [0.3, 0.4) is 0 Å². The highest BCUT2D eigenvalue weighted by Crippen LogP contribution is 2.20. The molecule has 1 aliphatic rings. The standard InChI is InChI=1S/C9H14N4O/c1-6-5-8(12(2)11-6)13-4-3-7(10)9(13)14/h5,7H,3-4,10H2,1-2H3/t7-/m0/s1. The molecule has 1 aliphatic heterocycles. The van der Waals surface area contributed by atoms with Crippen LogP contribution < -0.4 is 10.6 Å². The van der Waals surface area contributed by atoms with Gasteiger partial charge in [-0.1, -0.05) is 0 Å². The fourth-order valence-corrected chi connectivity index (χ4v) is 1.78. The molecule has 0 aromatic carbocycles. The topological polar surface area (TPSA) is 64.2 Å². The number of carbonyl (C=O) groups excluding carboxylic acids is 1. The number of amides is 1. The van der Waals surface area contributed by atoms with E-state index in [1.54, 1.807) is 9.58 Å². The average Bonchev–Trinajstić information content (AvgIpc) is 2.59. The van der Waals surface area contributed by atoms with Gasteiger partial charge >= 0.3 is 0 Å². The molecule has 2 N–H and O–H groups in total. The van der Waals surface area contributed by atoms with Gasteiger partial charge < -0.3 is 5.73 Å². The molecule has 0 bridgehead atoms. The first-order valence-corrected chi connectivity index (χ1v) is 4.67. The Bertz CT molecular complexity index is 371. The lowest BCUT2D eigenvalue weighted by Crippen LogP contribution is -2.34. The van der Waals surface area contributed by atoms with Gasteiger partial charge in [0.15, 0.2) is 0 Å². The Labute approximate surface area is 82.5 Å². The third-order valence-electron chi connectivity index (χ3n) is 2.50. The summed E-state index contributed by atoms with van der Waals surface area (Å²) in [6.45, 7) is 2.60. The molecule has 1 saturated heterocycles. The van der Waals surface area contributed by atoms with Crippen molar-refractivity contribution in [1.82, 2.24) is 9.78 Å². The van der Waals surface area contributed by atoms with Crippen LogP contribution in [0.2, 0.25) is 0 Å². The van der Waals surface area contributed by atoms with Crippen molar-refractivity contribution in [3.63, 3.8) is 0 Å². The van der Waals surface area contributed by atoms with E-state index in [1.165, 1.54) is 0 Å². The first-order valence-electron chi connectivity index (χ1n) is 4.67. The number of carbonyl (C=O) groups is 1. The molecule has 0 unspecified atom stereocenters. The summed E-state index contributed by atoms with van der Waals surface area (Å²) in [5.74, 6) is 0.827. The van der Waals surface area contributed by atoms with Gasteiger partial charge in [0, 0.05) is 19.7 Å². The van der Waals surface area contributed by atoms with E-state index in [1.807, 2.05) is 20.0 Å². The second-order valence-corrected chi connectivity index (χ2v) is 3.65. The monoisotopic (exact) mass is 194 g/mol. The Balaban J connectivity index is 2.32. The third-order valence-corrected chi connectivity index (χ3v) is 2.50. The summed E-state index contributed by atoms with van der Waals surface area (Å²) in [5.41, 5.74) is 6.55. The van der Waals surface area contributed by atoms with Crippen molar-refractivity contribution in [3.05, 3.63) is 11.8 Å². The molecule has 0 spiro atoms. The number of hydrogen-bond acceptors (Lipinski definition) is 3. The Morgan fingerprint density at radius 1 is 1.64 bits per heavy atom. The second-order valence-electron chi connectivity index (χ2n) is 3.65. The van der Waals surface area contributed by atoms with Gasteiger partial charge in [0.2, 0.25) is 5.91 Å².